The summed E-state index contributed by atoms with van der Waals surface area (Å²) in [6.45, 7) is 0.523. The molecule has 1 aromatic rings. The van der Waals surface area contributed by atoms with Crippen molar-refractivity contribution in [3.63, 3.8) is 0 Å². The van der Waals surface area contributed by atoms with Gasteiger partial charge < -0.3 is 10.0 Å². The number of carbonyl (C=O) groups excluding carboxylic acids is 1. The predicted molar refractivity (Wildman–Crippen MR) is 70.3 cm³/mol. The Bertz CT molecular complexity index is 497. The summed E-state index contributed by atoms with van der Waals surface area (Å²) in [4.78, 5) is 14.2. The fourth-order valence-corrected chi connectivity index (χ4v) is 3.19. The lowest BCUT2D eigenvalue weighted by Crippen LogP contribution is -2.40. The zero-order valence-corrected chi connectivity index (χ0v) is 10.8. The zero-order chi connectivity index (χ0) is 13.4. The molecule has 1 atom stereocenters. The van der Waals surface area contributed by atoms with Crippen LogP contribution in [-0.4, -0.2) is 17.6 Å². The van der Waals surface area contributed by atoms with Crippen LogP contribution >= 0.6 is 0 Å². The van der Waals surface area contributed by atoms with E-state index in [2.05, 4.69) is 0 Å². The van der Waals surface area contributed by atoms with E-state index in [4.69, 9.17) is 0 Å². The van der Waals surface area contributed by atoms with Gasteiger partial charge in [0.2, 0.25) is 5.91 Å². The van der Waals surface area contributed by atoms with Crippen LogP contribution < -0.4 is 4.90 Å². The summed E-state index contributed by atoms with van der Waals surface area (Å²) < 4.78 is 13.3. The van der Waals surface area contributed by atoms with Crippen LogP contribution in [0.3, 0.4) is 0 Å². The standard InChI is InChI=1S/C15H18FNO2/c16-11-5-6-13-12(9-11)14(18)7-8-17(13)15(19)10-3-1-2-4-10/h5-6,9-10,14,18H,1-4,7-8H2. The number of benzene rings is 1. The van der Waals surface area contributed by atoms with Crippen LogP contribution in [0.5, 0.6) is 0 Å². The van der Waals surface area contributed by atoms with Crippen LogP contribution in [-0.2, 0) is 4.79 Å². The van der Waals surface area contributed by atoms with E-state index in [-0.39, 0.29) is 17.6 Å². The van der Waals surface area contributed by atoms with Crippen molar-refractivity contribution in [2.45, 2.75) is 38.2 Å². The lowest BCUT2D eigenvalue weighted by Gasteiger charge is -2.33. The monoisotopic (exact) mass is 263 g/mol. The van der Waals surface area contributed by atoms with E-state index in [1.54, 1.807) is 11.0 Å². The third kappa shape index (κ3) is 2.25. The second kappa shape index (κ2) is 4.93. The Hall–Kier alpha value is -1.42. The molecule has 1 saturated carbocycles. The fourth-order valence-electron chi connectivity index (χ4n) is 3.19. The molecule has 1 unspecified atom stereocenters. The maximum Gasteiger partial charge on any atom is 0.230 e. The highest BCUT2D eigenvalue weighted by molar-refractivity contribution is 5.96. The third-order valence-electron chi connectivity index (χ3n) is 4.24. The Kier molecular flexibility index (Phi) is 3.27. The number of carbonyl (C=O) groups is 1. The lowest BCUT2D eigenvalue weighted by molar-refractivity contribution is -0.122. The highest BCUT2D eigenvalue weighted by Crippen LogP contribution is 2.37. The topological polar surface area (TPSA) is 40.5 Å². The van der Waals surface area contributed by atoms with E-state index in [9.17, 15) is 14.3 Å². The molecule has 3 rings (SSSR count). The summed E-state index contributed by atoms with van der Waals surface area (Å²) in [5.41, 5.74) is 1.22. The van der Waals surface area contributed by atoms with Gasteiger partial charge in [-0.05, 0) is 37.5 Å². The van der Waals surface area contributed by atoms with Crippen LogP contribution in [0, 0.1) is 11.7 Å². The van der Waals surface area contributed by atoms with Gasteiger partial charge in [0.1, 0.15) is 5.82 Å². The molecule has 102 valence electrons. The average Bonchev–Trinajstić information content (AvgIpc) is 2.93. The van der Waals surface area contributed by atoms with Crippen molar-refractivity contribution >= 4 is 11.6 Å². The predicted octanol–water partition coefficient (Wildman–Crippen LogP) is 2.79. The lowest BCUT2D eigenvalue weighted by atomic mass is 9.96. The van der Waals surface area contributed by atoms with Crippen molar-refractivity contribution in [3.8, 4) is 0 Å². The molecule has 1 aliphatic heterocycles. The first-order valence-electron chi connectivity index (χ1n) is 6.95. The number of nitrogens with zero attached hydrogens (tertiary/aromatic N) is 1. The van der Waals surface area contributed by atoms with Crippen molar-refractivity contribution in [1.29, 1.82) is 0 Å². The maximum atomic E-state index is 13.3. The Morgan fingerprint density at radius 3 is 2.74 bits per heavy atom. The highest BCUT2D eigenvalue weighted by Gasteiger charge is 2.33. The van der Waals surface area contributed by atoms with Crippen LogP contribution in [0.15, 0.2) is 18.2 Å². The summed E-state index contributed by atoms with van der Waals surface area (Å²) in [6.07, 6.45) is 3.95. The molecule has 2 aliphatic rings. The SMILES string of the molecule is O=C(C1CCCC1)N1CCC(O)c2cc(F)ccc21. The third-order valence-corrected chi connectivity index (χ3v) is 4.24. The number of rotatable bonds is 1. The van der Waals surface area contributed by atoms with Crippen molar-refractivity contribution < 1.29 is 14.3 Å². The van der Waals surface area contributed by atoms with Gasteiger partial charge in [0.25, 0.3) is 0 Å². The minimum Gasteiger partial charge on any atom is -0.388 e. The summed E-state index contributed by atoms with van der Waals surface area (Å²) >= 11 is 0. The largest absolute Gasteiger partial charge is 0.388 e. The Morgan fingerprint density at radius 2 is 2.00 bits per heavy atom. The van der Waals surface area contributed by atoms with Gasteiger partial charge in [-0.25, -0.2) is 4.39 Å². The number of fused-ring (bicyclic) bond motifs is 1. The quantitative estimate of drug-likeness (QED) is 0.846. The molecule has 1 heterocycles. The molecule has 0 bridgehead atoms. The van der Waals surface area contributed by atoms with E-state index in [1.165, 1.54) is 12.1 Å². The van der Waals surface area contributed by atoms with Crippen LogP contribution in [0.1, 0.15) is 43.8 Å². The van der Waals surface area contributed by atoms with Gasteiger partial charge in [-0.2, -0.15) is 0 Å². The van der Waals surface area contributed by atoms with Gasteiger partial charge in [0, 0.05) is 23.7 Å². The molecule has 1 aliphatic carbocycles. The average molecular weight is 263 g/mol. The summed E-state index contributed by atoms with van der Waals surface area (Å²) in [5.74, 6) is -0.127. The number of anilines is 1. The van der Waals surface area contributed by atoms with E-state index < -0.39 is 6.10 Å². The first kappa shape index (κ1) is 12.6. The number of aliphatic hydroxyl groups excluding tert-OH is 1. The molecule has 0 saturated heterocycles. The van der Waals surface area contributed by atoms with Crippen molar-refractivity contribution in [1.82, 2.24) is 0 Å². The Labute approximate surface area is 112 Å². The summed E-state index contributed by atoms with van der Waals surface area (Å²) in [6, 6.07) is 4.31. The molecule has 1 fully saturated rings. The molecular weight excluding hydrogens is 245 g/mol. The first-order valence-corrected chi connectivity index (χ1v) is 6.95. The Morgan fingerprint density at radius 1 is 1.26 bits per heavy atom. The van der Waals surface area contributed by atoms with Crippen LogP contribution in [0.2, 0.25) is 0 Å². The smallest absolute Gasteiger partial charge is 0.230 e. The second-order valence-electron chi connectivity index (χ2n) is 5.48. The molecular formula is C15H18FNO2. The van der Waals surface area contributed by atoms with E-state index in [0.717, 1.165) is 25.7 Å². The van der Waals surface area contributed by atoms with Gasteiger partial charge in [0.15, 0.2) is 0 Å². The molecule has 1 aromatic carbocycles. The molecule has 1 N–H and O–H groups in total. The molecule has 19 heavy (non-hydrogen) atoms. The van der Waals surface area contributed by atoms with Crippen molar-refractivity contribution in [2.24, 2.45) is 5.92 Å². The number of aliphatic hydroxyl groups is 1. The van der Waals surface area contributed by atoms with Crippen molar-refractivity contribution in [3.05, 3.63) is 29.6 Å². The number of amides is 1. The van der Waals surface area contributed by atoms with Crippen LogP contribution in [0.25, 0.3) is 0 Å². The van der Waals surface area contributed by atoms with Gasteiger partial charge >= 0.3 is 0 Å². The highest BCUT2D eigenvalue weighted by atomic mass is 19.1. The zero-order valence-electron chi connectivity index (χ0n) is 10.8. The van der Waals surface area contributed by atoms with Gasteiger partial charge in [-0.3, -0.25) is 4.79 Å². The number of halogens is 1. The van der Waals surface area contributed by atoms with Gasteiger partial charge in [-0.15, -0.1) is 0 Å². The summed E-state index contributed by atoms with van der Waals surface area (Å²) in [5, 5.41) is 9.95. The maximum absolute atomic E-state index is 13.3. The minimum absolute atomic E-state index is 0.105. The van der Waals surface area contributed by atoms with Gasteiger partial charge in [-0.1, -0.05) is 12.8 Å². The van der Waals surface area contributed by atoms with E-state index in [0.29, 0.717) is 24.2 Å². The van der Waals surface area contributed by atoms with Crippen LogP contribution in [0.4, 0.5) is 10.1 Å². The molecule has 0 spiro atoms. The number of hydrogen-bond donors (Lipinski definition) is 1. The first-order chi connectivity index (χ1) is 9.16. The van der Waals surface area contributed by atoms with E-state index in [1.807, 2.05) is 0 Å². The molecule has 0 aromatic heterocycles. The summed E-state index contributed by atoms with van der Waals surface area (Å²) in [7, 11) is 0. The van der Waals surface area contributed by atoms with E-state index >= 15 is 0 Å². The van der Waals surface area contributed by atoms with Gasteiger partial charge in [0.05, 0.1) is 6.10 Å². The number of hydrogen-bond acceptors (Lipinski definition) is 2. The molecule has 1 amide bonds. The fraction of sp³-hybridized carbons (Fsp3) is 0.533. The minimum atomic E-state index is -0.668. The molecule has 3 nitrogen and oxygen atoms in total. The molecule has 0 radical (unpaired) electrons. The normalized spacial score (nSPS) is 23.5. The second-order valence-corrected chi connectivity index (χ2v) is 5.48. The van der Waals surface area contributed by atoms with Crippen molar-refractivity contribution in [2.75, 3.05) is 11.4 Å². The Balaban J connectivity index is 1.92. The molecule has 4 heteroatoms.